The van der Waals surface area contributed by atoms with Gasteiger partial charge in [0.05, 0.1) is 12.6 Å². The van der Waals surface area contributed by atoms with Gasteiger partial charge in [-0.25, -0.2) is 13.8 Å². The first-order valence-corrected chi connectivity index (χ1v) is 8.20. The van der Waals surface area contributed by atoms with Gasteiger partial charge in [-0.15, -0.1) is 35.3 Å². The highest BCUT2D eigenvalue weighted by molar-refractivity contribution is 14.0. The molecule has 1 aromatic heterocycles. The van der Waals surface area contributed by atoms with Crippen molar-refractivity contribution in [3.63, 3.8) is 0 Å². The maximum Gasteiger partial charge on any atom is 0.191 e. The summed E-state index contributed by atoms with van der Waals surface area (Å²) in [7, 11) is 1.64. The zero-order valence-electron chi connectivity index (χ0n) is 13.8. The second-order valence-corrected chi connectivity index (χ2v) is 6.23. The summed E-state index contributed by atoms with van der Waals surface area (Å²) in [6.07, 6.45) is 2.83. The summed E-state index contributed by atoms with van der Waals surface area (Å²) in [6, 6.07) is 3.22. The van der Waals surface area contributed by atoms with Crippen LogP contribution in [0.5, 0.6) is 0 Å². The molecule has 0 radical (unpaired) electrons. The highest BCUT2D eigenvalue weighted by atomic mass is 127. The van der Waals surface area contributed by atoms with Gasteiger partial charge in [0.25, 0.3) is 0 Å². The summed E-state index contributed by atoms with van der Waals surface area (Å²) in [4.78, 5) is 9.67. The highest BCUT2D eigenvalue weighted by Gasteiger charge is 2.13. The average molecular weight is 466 g/mol. The quantitative estimate of drug-likeness (QED) is 0.398. The number of thiazole rings is 1. The van der Waals surface area contributed by atoms with Gasteiger partial charge >= 0.3 is 0 Å². The molecule has 132 valence electrons. The molecule has 0 spiro atoms. The van der Waals surface area contributed by atoms with Gasteiger partial charge < -0.3 is 10.6 Å². The molecule has 0 saturated carbocycles. The van der Waals surface area contributed by atoms with Crippen molar-refractivity contribution in [3.05, 3.63) is 51.5 Å². The first-order chi connectivity index (χ1) is 11.0. The van der Waals surface area contributed by atoms with Crippen molar-refractivity contribution in [3.8, 4) is 0 Å². The number of aromatic nitrogens is 1. The van der Waals surface area contributed by atoms with Crippen LogP contribution >= 0.6 is 35.3 Å². The number of halogens is 3. The minimum absolute atomic E-state index is 0. The topological polar surface area (TPSA) is 49.3 Å². The number of aryl methyl sites for hydroxylation is 1. The molecular weight excluding hydrogens is 445 g/mol. The molecule has 1 unspecified atom stereocenters. The smallest absolute Gasteiger partial charge is 0.191 e. The Morgan fingerprint density at radius 2 is 2.12 bits per heavy atom. The molecule has 0 amide bonds. The minimum Gasteiger partial charge on any atom is -0.350 e. The van der Waals surface area contributed by atoms with Crippen LogP contribution in [0.2, 0.25) is 0 Å². The van der Waals surface area contributed by atoms with E-state index >= 15 is 0 Å². The van der Waals surface area contributed by atoms with Crippen molar-refractivity contribution >= 4 is 41.3 Å². The standard InChI is InChI=1S/C16H20F2N4S.HI/c1-4-12-8-20-15(23-12)9-21-16(19-3)22-10(2)13-6-5-11(17)7-14(13)18;/h5-8,10H,4,9H2,1-3H3,(H2,19,21,22);1H. The van der Waals surface area contributed by atoms with E-state index in [1.807, 2.05) is 6.20 Å². The zero-order valence-corrected chi connectivity index (χ0v) is 16.9. The Kier molecular flexibility index (Phi) is 8.54. The summed E-state index contributed by atoms with van der Waals surface area (Å²) in [5, 5.41) is 7.20. The van der Waals surface area contributed by atoms with E-state index in [2.05, 4.69) is 27.5 Å². The third kappa shape index (κ3) is 5.66. The van der Waals surface area contributed by atoms with Crippen molar-refractivity contribution in [1.29, 1.82) is 0 Å². The molecule has 24 heavy (non-hydrogen) atoms. The Balaban J connectivity index is 0.00000288. The molecule has 4 nitrogen and oxygen atoms in total. The Morgan fingerprint density at radius 3 is 2.71 bits per heavy atom. The van der Waals surface area contributed by atoms with Gasteiger partial charge in [0, 0.05) is 29.8 Å². The molecular formula is C16H21F2IN4S. The van der Waals surface area contributed by atoms with E-state index in [0.29, 0.717) is 18.1 Å². The van der Waals surface area contributed by atoms with Crippen LogP contribution < -0.4 is 10.6 Å². The molecule has 2 rings (SSSR count). The fourth-order valence-electron chi connectivity index (χ4n) is 2.08. The molecule has 0 fully saturated rings. The van der Waals surface area contributed by atoms with Crippen LogP contribution in [0.3, 0.4) is 0 Å². The third-order valence-corrected chi connectivity index (χ3v) is 4.50. The molecule has 1 heterocycles. The van der Waals surface area contributed by atoms with E-state index in [1.54, 1.807) is 25.3 Å². The van der Waals surface area contributed by atoms with Crippen LogP contribution in [0.4, 0.5) is 8.78 Å². The maximum absolute atomic E-state index is 13.8. The lowest BCUT2D eigenvalue weighted by atomic mass is 10.1. The van der Waals surface area contributed by atoms with Crippen molar-refractivity contribution in [2.75, 3.05) is 7.05 Å². The van der Waals surface area contributed by atoms with Gasteiger partial charge in [-0.3, -0.25) is 4.99 Å². The summed E-state index contributed by atoms with van der Waals surface area (Å²) in [5.41, 5.74) is 0.386. The van der Waals surface area contributed by atoms with Crippen LogP contribution in [0.1, 0.15) is 35.3 Å². The van der Waals surface area contributed by atoms with E-state index in [9.17, 15) is 8.78 Å². The lowest BCUT2D eigenvalue weighted by Crippen LogP contribution is -2.38. The lowest BCUT2D eigenvalue weighted by Gasteiger charge is -2.18. The van der Waals surface area contributed by atoms with E-state index < -0.39 is 11.6 Å². The molecule has 0 aliphatic rings. The summed E-state index contributed by atoms with van der Waals surface area (Å²) in [6.45, 7) is 4.43. The number of guanidine groups is 1. The normalized spacial score (nSPS) is 12.5. The van der Waals surface area contributed by atoms with Crippen LogP contribution in [0.15, 0.2) is 29.4 Å². The van der Waals surface area contributed by atoms with Crippen molar-refractivity contribution in [2.45, 2.75) is 32.9 Å². The molecule has 1 atom stereocenters. The number of hydrogen-bond donors (Lipinski definition) is 2. The third-order valence-electron chi connectivity index (χ3n) is 3.36. The van der Waals surface area contributed by atoms with Crippen LogP contribution in [0.25, 0.3) is 0 Å². The summed E-state index contributed by atoms with van der Waals surface area (Å²) >= 11 is 1.65. The predicted molar refractivity (Wildman–Crippen MR) is 105 cm³/mol. The SMILES string of the molecule is CCc1cnc(CNC(=NC)NC(C)c2ccc(F)cc2F)s1.I. The van der Waals surface area contributed by atoms with Crippen molar-refractivity contribution in [1.82, 2.24) is 15.6 Å². The summed E-state index contributed by atoms with van der Waals surface area (Å²) in [5.74, 6) is -0.626. The molecule has 0 saturated heterocycles. The Labute approximate surface area is 161 Å². The Bertz CT molecular complexity index is 690. The first kappa shape index (κ1) is 20.8. The van der Waals surface area contributed by atoms with E-state index in [4.69, 9.17) is 0 Å². The fourth-order valence-corrected chi connectivity index (χ4v) is 2.88. The summed E-state index contributed by atoms with van der Waals surface area (Å²) < 4.78 is 26.8. The van der Waals surface area contributed by atoms with Gasteiger partial charge in [-0.2, -0.15) is 0 Å². The Hall–Kier alpha value is -1.29. The predicted octanol–water partition coefficient (Wildman–Crippen LogP) is 4.03. The van der Waals surface area contributed by atoms with Crippen LogP contribution in [-0.4, -0.2) is 18.0 Å². The largest absolute Gasteiger partial charge is 0.350 e. The van der Waals surface area contributed by atoms with Crippen LogP contribution in [-0.2, 0) is 13.0 Å². The number of benzene rings is 1. The van der Waals surface area contributed by atoms with Crippen molar-refractivity contribution < 1.29 is 8.78 Å². The van der Waals surface area contributed by atoms with Gasteiger partial charge in [0.2, 0.25) is 0 Å². The zero-order chi connectivity index (χ0) is 16.8. The first-order valence-electron chi connectivity index (χ1n) is 7.39. The minimum atomic E-state index is -0.587. The molecule has 0 aliphatic carbocycles. The van der Waals surface area contributed by atoms with E-state index in [1.165, 1.54) is 17.0 Å². The molecule has 2 aromatic rings. The van der Waals surface area contributed by atoms with Crippen molar-refractivity contribution in [2.24, 2.45) is 4.99 Å². The van der Waals surface area contributed by atoms with Gasteiger partial charge in [0.15, 0.2) is 5.96 Å². The number of nitrogens with one attached hydrogen (secondary N) is 2. The van der Waals surface area contributed by atoms with E-state index in [0.717, 1.165) is 17.5 Å². The number of aliphatic imine (C=N–C) groups is 1. The fraction of sp³-hybridized carbons (Fsp3) is 0.375. The number of rotatable bonds is 5. The molecule has 2 N–H and O–H groups in total. The Morgan fingerprint density at radius 1 is 1.38 bits per heavy atom. The van der Waals surface area contributed by atoms with Gasteiger partial charge in [-0.05, 0) is 19.4 Å². The molecule has 0 aliphatic heterocycles. The molecule has 8 heteroatoms. The number of nitrogens with zero attached hydrogens (tertiary/aromatic N) is 2. The number of hydrogen-bond acceptors (Lipinski definition) is 3. The van der Waals surface area contributed by atoms with Gasteiger partial charge in [0.1, 0.15) is 16.6 Å². The lowest BCUT2D eigenvalue weighted by molar-refractivity contribution is 0.550. The van der Waals surface area contributed by atoms with Gasteiger partial charge in [-0.1, -0.05) is 13.0 Å². The highest BCUT2D eigenvalue weighted by Crippen LogP contribution is 2.17. The maximum atomic E-state index is 13.8. The second-order valence-electron chi connectivity index (χ2n) is 5.03. The van der Waals surface area contributed by atoms with Crippen LogP contribution in [0, 0.1) is 11.6 Å². The van der Waals surface area contributed by atoms with E-state index in [-0.39, 0.29) is 30.0 Å². The average Bonchev–Trinajstić information content (AvgIpc) is 2.99. The monoisotopic (exact) mass is 466 g/mol. The molecule has 1 aromatic carbocycles. The molecule has 0 bridgehead atoms. The second kappa shape index (κ2) is 9.87.